The molecule has 0 aliphatic carbocycles. The maximum Gasteiger partial charge on any atom is 0.222 e. The van der Waals surface area contributed by atoms with Crippen molar-refractivity contribution in [1.29, 1.82) is 0 Å². The van der Waals surface area contributed by atoms with E-state index in [1.54, 1.807) is 4.90 Å². The highest BCUT2D eigenvalue weighted by atomic mass is 16.2. The van der Waals surface area contributed by atoms with Crippen LogP contribution >= 0.6 is 0 Å². The van der Waals surface area contributed by atoms with E-state index in [2.05, 4.69) is 13.8 Å². The summed E-state index contributed by atoms with van der Waals surface area (Å²) in [5, 5.41) is 0. The molecule has 0 heterocycles. The number of nitrogens with zero attached hydrogens (tertiary/aromatic N) is 1. The molecule has 0 atom stereocenters. The Kier molecular flexibility index (Phi) is 15.5. The van der Waals surface area contributed by atoms with Gasteiger partial charge in [-0.3, -0.25) is 4.79 Å². The lowest BCUT2D eigenvalue weighted by Gasteiger charge is -2.13. The molecule has 1 radical (unpaired) electrons. The fraction of sp³-hybridized carbons (Fsp3) is 0.895. The van der Waals surface area contributed by atoms with Crippen LogP contribution in [0.1, 0.15) is 96.8 Å². The Morgan fingerprint density at radius 3 is 1.38 bits per heavy atom. The van der Waals surface area contributed by atoms with E-state index in [0.29, 0.717) is 0 Å². The molecule has 125 valence electrons. The third kappa shape index (κ3) is 15.7. The Balaban J connectivity index is 3.04. The number of amides is 1. The van der Waals surface area contributed by atoms with Crippen LogP contribution in [0.2, 0.25) is 0 Å². The quantitative estimate of drug-likeness (QED) is 0.352. The summed E-state index contributed by atoms with van der Waals surface area (Å²) in [6.07, 6.45) is 19.2. The van der Waals surface area contributed by atoms with Gasteiger partial charge in [0, 0.05) is 20.5 Å². The van der Waals surface area contributed by atoms with Gasteiger partial charge in [0.05, 0.1) is 0 Å². The largest absolute Gasteiger partial charge is 0.346 e. The van der Waals surface area contributed by atoms with E-state index in [9.17, 15) is 4.79 Å². The van der Waals surface area contributed by atoms with Crippen molar-refractivity contribution in [2.45, 2.75) is 96.8 Å². The van der Waals surface area contributed by atoms with Crippen LogP contribution in [0.25, 0.3) is 0 Å². The van der Waals surface area contributed by atoms with Gasteiger partial charge in [-0.05, 0) is 6.42 Å². The summed E-state index contributed by atoms with van der Waals surface area (Å²) in [4.78, 5) is 12.6. The second-order valence-corrected chi connectivity index (χ2v) is 6.41. The first-order chi connectivity index (χ1) is 10.2. The number of rotatable bonds is 15. The molecule has 0 aromatic heterocycles. The van der Waals surface area contributed by atoms with Gasteiger partial charge >= 0.3 is 0 Å². The smallest absolute Gasteiger partial charge is 0.222 e. The predicted molar refractivity (Wildman–Crippen MR) is 93.3 cm³/mol. The Morgan fingerprint density at radius 1 is 0.714 bits per heavy atom. The molecule has 0 aliphatic heterocycles. The maximum atomic E-state index is 10.9. The zero-order valence-corrected chi connectivity index (χ0v) is 14.7. The molecule has 0 bridgehead atoms. The van der Waals surface area contributed by atoms with E-state index in [-0.39, 0.29) is 5.91 Å². The average Bonchev–Trinajstić information content (AvgIpc) is 2.47. The number of carbonyl (C=O) groups excluding carboxylic acids is 1. The van der Waals surface area contributed by atoms with E-state index in [0.717, 1.165) is 13.0 Å². The lowest BCUT2D eigenvalue weighted by molar-refractivity contribution is -0.125. The highest BCUT2D eigenvalue weighted by Gasteiger charge is 2.00. The third-order valence-corrected chi connectivity index (χ3v) is 4.27. The summed E-state index contributed by atoms with van der Waals surface area (Å²) in [6, 6.07) is 0. The number of hydrogen-bond donors (Lipinski definition) is 0. The van der Waals surface area contributed by atoms with Crippen molar-refractivity contribution >= 4 is 5.91 Å². The Morgan fingerprint density at radius 2 is 1.05 bits per heavy atom. The Labute approximate surface area is 133 Å². The van der Waals surface area contributed by atoms with E-state index >= 15 is 0 Å². The average molecular weight is 297 g/mol. The van der Waals surface area contributed by atoms with Gasteiger partial charge in [0.1, 0.15) is 0 Å². The molecule has 2 heteroatoms. The van der Waals surface area contributed by atoms with Gasteiger partial charge in [-0.25, -0.2) is 0 Å². The zero-order chi connectivity index (χ0) is 15.8. The van der Waals surface area contributed by atoms with Gasteiger partial charge in [0.25, 0.3) is 0 Å². The van der Waals surface area contributed by atoms with E-state index in [1.165, 1.54) is 83.5 Å². The number of carbonyl (C=O) groups is 1. The monoisotopic (exact) mass is 296 g/mol. The van der Waals surface area contributed by atoms with Crippen molar-refractivity contribution in [2.24, 2.45) is 0 Å². The van der Waals surface area contributed by atoms with Crippen molar-refractivity contribution in [2.75, 3.05) is 13.6 Å². The maximum absolute atomic E-state index is 10.9. The summed E-state index contributed by atoms with van der Waals surface area (Å²) < 4.78 is 0. The molecule has 0 N–H and O–H groups in total. The first-order valence-electron chi connectivity index (χ1n) is 9.25. The van der Waals surface area contributed by atoms with Crippen LogP contribution in [0.15, 0.2) is 0 Å². The van der Waals surface area contributed by atoms with Gasteiger partial charge in [-0.2, -0.15) is 0 Å². The first kappa shape index (κ1) is 20.5. The highest BCUT2D eigenvalue weighted by molar-refractivity contribution is 5.79. The molecule has 0 unspecified atom stereocenters. The zero-order valence-electron chi connectivity index (χ0n) is 14.7. The standard InChI is InChI=1S/C19H38NO/c1-4-5-6-7-8-9-10-11-12-13-14-15-16-17-18-20(3)19(2)21/h2,4-18H2,1,3H3. The van der Waals surface area contributed by atoms with Crippen LogP contribution in [0, 0.1) is 6.92 Å². The first-order valence-corrected chi connectivity index (χ1v) is 9.25. The predicted octanol–water partition coefficient (Wildman–Crippen LogP) is 5.76. The molecule has 1 amide bonds. The van der Waals surface area contributed by atoms with Crippen molar-refractivity contribution < 1.29 is 4.79 Å². The van der Waals surface area contributed by atoms with Crippen molar-refractivity contribution in [3.8, 4) is 0 Å². The van der Waals surface area contributed by atoms with Crippen molar-refractivity contribution in [1.82, 2.24) is 4.90 Å². The van der Waals surface area contributed by atoms with Crippen molar-refractivity contribution in [3.05, 3.63) is 6.92 Å². The molecule has 2 nitrogen and oxygen atoms in total. The molecule has 0 spiro atoms. The molecular weight excluding hydrogens is 258 g/mol. The van der Waals surface area contributed by atoms with Crippen LogP contribution in [0.5, 0.6) is 0 Å². The molecule has 0 aromatic rings. The van der Waals surface area contributed by atoms with Crippen LogP contribution in [0.3, 0.4) is 0 Å². The minimum Gasteiger partial charge on any atom is -0.346 e. The molecule has 0 saturated carbocycles. The fourth-order valence-corrected chi connectivity index (χ4v) is 2.67. The summed E-state index contributed by atoms with van der Waals surface area (Å²) in [7, 11) is 1.83. The Bertz CT molecular complexity index is 228. The van der Waals surface area contributed by atoms with E-state index < -0.39 is 0 Å². The number of hydrogen-bond acceptors (Lipinski definition) is 1. The van der Waals surface area contributed by atoms with Crippen LogP contribution < -0.4 is 0 Å². The highest BCUT2D eigenvalue weighted by Crippen LogP contribution is 2.12. The lowest BCUT2D eigenvalue weighted by atomic mass is 10.0. The van der Waals surface area contributed by atoms with Gasteiger partial charge in [0.2, 0.25) is 5.91 Å². The van der Waals surface area contributed by atoms with Gasteiger partial charge in [0.15, 0.2) is 0 Å². The SMILES string of the molecule is [CH2]C(=O)N(C)CCCCCCCCCCCCCCCC. The second kappa shape index (κ2) is 15.9. The van der Waals surface area contributed by atoms with E-state index in [1.807, 2.05) is 7.05 Å². The third-order valence-electron chi connectivity index (χ3n) is 4.27. The summed E-state index contributed by atoms with van der Waals surface area (Å²) in [6.45, 7) is 6.55. The molecular formula is C19H38NO. The van der Waals surface area contributed by atoms with Gasteiger partial charge in [-0.1, -0.05) is 90.4 Å². The molecule has 21 heavy (non-hydrogen) atoms. The number of unbranched alkanes of at least 4 members (excludes halogenated alkanes) is 13. The summed E-state index contributed by atoms with van der Waals surface area (Å²) in [5.74, 6) is -0.0651. The molecule has 0 aliphatic rings. The van der Waals surface area contributed by atoms with Crippen LogP contribution in [-0.4, -0.2) is 24.4 Å². The topological polar surface area (TPSA) is 20.3 Å². The summed E-state index contributed by atoms with van der Waals surface area (Å²) >= 11 is 0. The molecule has 0 saturated heterocycles. The molecule has 0 rings (SSSR count). The van der Waals surface area contributed by atoms with E-state index in [4.69, 9.17) is 0 Å². The van der Waals surface area contributed by atoms with Crippen LogP contribution in [0.4, 0.5) is 0 Å². The lowest BCUT2D eigenvalue weighted by Crippen LogP contribution is -2.24. The van der Waals surface area contributed by atoms with Crippen LogP contribution in [-0.2, 0) is 4.79 Å². The summed E-state index contributed by atoms with van der Waals surface area (Å²) in [5.41, 5.74) is 0. The minimum atomic E-state index is -0.0651. The normalized spacial score (nSPS) is 10.8. The molecule has 0 aromatic carbocycles. The molecule has 0 fully saturated rings. The fourth-order valence-electron chi connectivity index (χ4n) is 2.67. The van der Waals surface area contributed by atoms with Crippen molar-refractivity contribution in [3.63, 3.8) is 0 Å². The minimum absolute atomic E-state index is 0.0651. The van der Waals surface area contributed by atoms with Gasteiger partial charge in [-0.15, -0.1) is 0 Å². The second-order valence-electron chi connectivity index (χ2n) is 6.41. The van der Waals surface area contributed by atoms with Gasteiger partial charge < -0.3 is 4.90 Å². The Hall–Kier alpha value is -0.530.